The van der Waals surface area contributed by atoms with Crippen LogP contribution in [0, 0.1) is 23.0 Å². The summed E-state index contributed by atoms with van der Waals surface area (Å²) in [5, 5.41) is 10.0. The Bertz CT molecular complexity index is 1570. The van der Waals surface area contributed by atoms with Gasteiger partial charge in [-0.1, -0.05) is 18.2 Å². The summed E-state index contributed by atoms with van der Waals surface area (Å²) in [5.74, 6) is -2.65. The highest BCUT2D eigenvalue weighted by molar-refractivity contribution is 7.99. The van der Waals surface area contributed by atoms with Gasteiger partial charge in [0.2, 0.25) is 0 Å². The third kappa shape index (κ3) is 4.34. The molecular formula is C25H19ClF3N5O2S. The minimum Gasteiger partial charge on any atom is -0.352 e. The molecule has 0 spiro atoms. The predicted octanol–water partition coefficient (Wildman–Crippen LogP) is 4.51. The molecule has 2 aliphatic rings. The zero-order valence-corrected chi connectivity index (χ0v) is 20.9. The number of piperazine rings is 1. The van der Waals surface area contributed by atoms with Gasteiger partial charge in [-0.2, -0.15) is 10.2 Å². The quantitative estimate of drug-likeness (QED) is 0.449. The van der Waals surface area contributed by atoms with E-state index in [2.05, 4.69) is 11.6 Å². The molecule has 1 aromatic heterocycles. The molecular weight excluding hydrogens is 527 g/mol. The number of thioether (sulfide) groups is 1. The van der Waals surface area contributed by atoms with E-state index < -0.39 is 35.1 Å². The van der Waals surface area contributed by atoms with Crippen molar-refractivity contribution in [1.29, 1.82) is 5.26 Å². The normalized spacial score (nSPS) is 17.1. The van der Waals surface area contributed by atoms with Gasteiger partial charge in [0.15, 0.2) is 5.83 Å². The monoisotopic (exact) mass is 545 g/mol. The van der Waals surface area contributed by atoms with E-state index in [4.69, 9.17) is 11.6 Å². The first-order valence-electron chi connectivity index (χ1n) is 11.3. The van der Waals surface area contributed by atoms with Crippen molar-refractivity contribution in [3.8, 4) is 17.2 Å². The molecule has 2 aliphatic heterocycles. The van der Waals surface area contributed by atoms with Gasteiger partial charge in [0.25, 0.3) is 5.91 Å². The van der Waals surface area contributed by atoms with Gasteiger partial charge in [-0.3, -0.25) is 9.36 Å². The van der Waals surface area contributed by atoms with Gasteiger partial charge in [0.1, 0.15) is 17.5 Å². The van der Waals surface area contributed by atoms with Crippen LogP contribution in [0.15, 0.2) is 46.4 Å². The number of nitrogens with zero attached hydrogens (tertiary/aromatic N) is 5. The van der Waals surface area contributed by atoms with E-state index in [1.165, 1.54) is 27.3 Å². The van der Waals surface area contributed by atoms with Crippen LogP contribution in [-0.4, -0.2) is 51.8 Å². The Morgan fingerprint density at radius 2 is 2.05 bits per heavy atom. The molecule has 0 saturated carbocycles. The number of aromatic nitrogens is 2. The predicted molar refractivity (Wildman–Crippen MR) is 135 cm³/mol. The summed E-state index contributed by atoms with van der Waals surface area (Å²) < 4.78 is 43.5. The van der Waals surface area contributed by atoms with Gasteiger partial charge in [0, 0.05) is 59.4 Å². The Labute approximate surface area is 218 Å². The van der Waals surface area contributed by atoms with Crippen LogP contribution in [0.3, 0.4) is 0 Å². The van der Waals surface area contributed by atoms with Crippen LogP contribution in [-0.2, 0) is 11.3 Å². The number of rotatable bonds is 4. The molecule has 0 radical (unpaired) electrons. The molecule has 37 heavy (non-hydrogen) atoms. The molecule has 0 aliphatic carbocycles. The van der Waals surface area contributed by atoms with Crippen molar-refractivity contribution in [3.05, 3.63) is 63.8 Å². The maximum atomic E-state index is 14.8. The van der Waals surface area contributed by atoms with E-state index in [-0.39, 0.29) is 36.6 Å². The largest absolute Gasteiger partial charge is 0.352 e. The second kappa shape index (κ2) is 9.76. The van der Waals surface area contributed by atoms with Crippen LogP contribution in [0.4, 0.5) is 19.0 Å². The van der Waals surface area contributed by atoms with Crippen molar-refractivity contribution in [2.75, 3.05) is 30.3 Å². The highest BCUT2D eigenvalue weighted by atomic mass is 35.5. The number of carbonyl (C=O) groups is 1. The summed E-state index contributed by atoms with van der Waals surface area (Å²) in [6.07, 6.45) is -0.0552. The van der Waals surface area contributed by atoms with Crippen LogP contribution >= 0.6 is 23.4 Å². The number of carbonyl (C=O) groups excluding carboxylic acids is 1. The summed E-state index contributed by atoms with van der Waals surface area (Å²) in [5.41, 5.74) is 0.495. The fraction of sp³-hybridized carbons (Fsp3) is 0.280. The number of nitriles is 1. The van der Waals surface area contributed by atoms with Gasteiger partial charge in [0.05, 0.1) is 29.1 Å². The maximum Gasteiger partial charge on any atom is 0.350 e. The number of hydrogen-bond acceptors (Lipinski definition) is 6. The Morgan fingerprint density at radius 3 is 2.76 bits per heavy atom. The molecule has 0 N–H and O–H groups in total. The molecule has 5 rings (SSSR count). The standard InChI is InChI=1S/C25H19ClF3N5O2S/c1-13(27)24(35)33-7-6-32(12-15(33)4-5-30)23-17-11-18(26)20(16-3-2-14(28)10-19(16)29)22-21(17)34(8-9-37-22)25(36)31-23/h2-3,10-11,15H,1,4,6-9,12H2/t15-/m0/s1. The van der Waals surface area contributed by atoms with Crippen molar-refractivity contribution in [2.24, 2.45) is 0 Å². The van der Waals surface area contributed by atoms with E-state index in [1.54, 1.807) is 11.0 Å². The summed E-state index contributed by atoms with van der Waals surface area (Å²) in [6.45, 7) is 3.90. The zero-order valence-electron chi connectivity index (χ0n) is 19.3. The summed E-state index contributed by atoms with van der Waals surface area (Å²) in [7, 11) is 0. The lowest BCUT2D eigenvalue weighted by Crippen LogP contribution is -2.55. The van der Waals surface area contributed by atoms with E-state index in [0.717, 1.165) is 12.1 Å². The molecule has 0 bridgehead atoms. The molecule has 1 amide bonds. The minimum atomic E-state index is -1.11. The van der Waals surface area contributed by atoms with Gasteiger partial charge in [-0.05, 0) is 18.2 Å². The minimum absolute atomic E-state index is 0.0552. The van der Waals surface area contributed by atoms with Crippen LogP contribution in [0.25, 0.3) is 22.0 Å². The smallest absolute Gasteiger partial charge is 0.350 e. The van der Waals surface area contributed by atoms with Gasteiger partial charge >= 0.3 is 5.69 Å². The first-order chi connectivity index (χ1) is 17.7. The van der Waals surface area contributed by atoms with Gasteiger partial charge in [-0.15, -0.1) is 11.8 Å². The Balaban J connectivity index is 1.67. The number of benzene rings is 2. The lowest BCUT2D eigenvalue weighted by Gasteiger charge is -2.41. The van der Waals surface area contributed by atoms with E-state index in [9.17, 15) is 28.0 Å². The van der Waals surface area contributed by atoms with E-state index >= 15 is 0 Å². The summed E-state index contributed by atoms with van der Waals surface area (Å²) >= 11 is 8.10. The highest BCUT2D eigenvalue weighted by Crippen LogP contribution is 2.46. The van der Waals surface area contributed by atoms with Crippen LogP contribution in [0.2, 0.25) is 5.02 Å². The number of aryl methyl sites for hydroxylation is 1. The third-order valence-electron chi connectivity index (χ3n) is 6.51. The second-order valence-electron chi connectivity index (χ2n) is 8.67. The molecule has 12 heteroatoms. The van der Waals surface area contributed by atoms with Gasteiger partial charge < -0.3 is 9.80 Å². The Morgan fingerprint density at radius 1 is 1.27 bits per heavy atom. The number of hydrogen-bond donors (Lipinski definition) is 0. The SMILES string of the molecule is C=C(F)C(=O)N1CCN(c2nc(=O)n3c4c(c(-c5ccc(F)cc5F)c(Cl)cc24)SCC3)C[C@@H]1CC#N. The van der Waals surface area contributed by atoms with Crippen LogP contribution in [0.1, 0.15) is 6.42 Å². The molecule has 1 fully saturated rings. The van der Waals surface area contributed by atoms with Crippen molar-refractivity contribution < 1.29 is 18.0 Å². The third-order valence-corrected chi connectivity index (χ3v) is 7.89. The lowest BCUT2D eigenvalue weighted by molar-refractivity contribution is -0.131. The highest BCUT2D eigenvalue weighted by Gasteiger charge is 2.34. The Kier molecular flexibility index (Phi) is 6.64. The first-order valence-corrected chi connectivity index (χ1v) is 12.7. The first kappa shape index (κ1) is 25.2. The second-order valence-corrected chi connectivity index (χ2v) is 10.2. The van der Waals surface area contributed by atoms with Crippen molar-refractivity contribution in [2.45, 2.75) is 23.9 Å². The zero-order chi connectivity index (χ0) is 26.4. The van der Waals surface area contributed by atoms with Crippen LogP contribution < -0.4 is 10.6 Å². The maximum absolute atomic E-state index is 14.8. The van der Waals surface area contributed by atoms with E-state index in [0.29, 0.717) is 39.5 Å². The van der Waals surface area contributed by atoms with Crippen LogP contribution in [0.5, 0.6) is 0 Å². The molecule has 3 heterocycles. The lowest BCUT2D eigenvalue weighted by atomic mass is 10.0. The fourth-order valence-electron chi connectivity index (χ4n) is 4.88. The van der Waals surface area contributed by atoms with Crippen molar-refractivity contribution in [3.63, 3.8) is 0 Å². The van der Waals surface area contributed by atoms with Crippen molar-refractivity contribution in [1.82, 2.24) is 14.5 Å². The Hall–Kier alpha value is -3.49. The number of anilines is 1. The molecule has 3 aromatic rings. The molecule has 190 valence electrons. The average molecular weight is 546 g/mol. The van der Waals surface area contributed by atoms with Crippen molar-refractivity contribution >= 4 is 46.0 Å². The van der Waals surface area contributed by atoms with E-state index in [1.807, 2.05) is 6.07 Å². The summed E-state index contributed by atoms with van der Waals surface area (Å²) in [6, 6.07) is 6.21. The fourth-order valence-corrected chi connectivity index (χ4v) is 6.44. The summed E-state index contributed by atoms with van der Waals surface area (Å²) in [4.78, 5) is 33.3. The molecule has 7 nitrogen and oxygen atoms in total. The number of halogens is 4. The molecule has 0 unspecified atom stereocenters. The molecule has 2 aromatic carbocycles. The van der Waals surface area contributed by atoms with Gasteiger partial charge in [-0.25, -0.2) is 18.0 Å². The topological polar surface area (TPSA) is 82.2 Å². The average Bonchev–Trinajstić information content (AvgIpc) is 2.86. The number of amides is 1. The molecule has 1 atom stereocenters. The molecule has 1 saturated heterocycles.